The van der Waals surface area contributed by atoms with Crippen LogP contribution in [-0.4, -0.2) is 37.8 Å². The number of nitrogens with one attached hydrogen (secondary N) is 2. The number of carbonyl (C=O) groups is 1. The number of hydrogen-bond donors (Lipinski definition) is 3. The van der Waals surface area contributed by atoms with Crippen molar-refractivity contribution in [2.24, 2.45) is 16.6 Å². The van der Waals surface area contributed by atoms with Gasteiger partial charge in [-0.3, -0.25) is 4.99 Å². The van der Waals surface area contributed by atoms with Gasteiger partial charge in [0.15, 0.2) is 5.96 Å². The third-order valence-electron chi connectivity index (χ3n) is 2.39. The maximum absolute atomic E-state index is 11.4. The Morgan fingerprint density at radius 3 is 2.58 bits per heavy atom. The van der Waals surface area contributed by atoms with E-state index in [0.717, 1.165) is 19.4 Å². The number of alkyl carbamates (subject to hydrolysis) is 1. The van der Waals surface area contributed by atoms with Gasteiger partial charge in [0.1, 0.15) is 0 Å². The van der Waals surface area contributed by atoms with Gasteiger partial charge in [0, 0.05) is 6.54 Å². The summed E-state index contributed by atoms with van der Waals surface area (Å²) >= 11 is 0. The normalized spacial score (nSPS) is 13.2. The van der Waals surface area contributed by atoms with E-state index in [9.17, 15) is 4.79 Å². The highest BCUT2D eigenvalue weighted by Gasteiger charge is 2.14. The molecule has 0 aliphatic carbocycles. The van der Waals surface area contributed by atoms with Gasteiger partial charge in [-0.2, -0.15) is 0 Å². The summed E-state index contributed by atoms with van der Waals surface area (Å²) in [5, 5.41) is 5.81. The number of nitrogens with zero attached hydrogens (tertiary/aromatic N) is 1. The molecule has 0 aromatic rings. The van der Waals surface area contributed by atoms with Crippen LogP contribution in [0.1, 0.15) is 40.5 Å². The molecule has 0 aliphatic rings. The summed E-state index contributed by atoms with van der Waals surface area (Å²) < 4.78 is 4.88. The Bertz CT molecular complexity index is 280. The van der Waals surface area contributed by atoms with Gasteiger partial charge in [-0.1, -0.05) is 20.8 Å². The number of guanidine groups is 1. The van der Waals surface area contributed by atoms with E-state index in [0.29, 0.717) is 25.0 Å². The lowest BCUT2D eigenvalue weighted by Crippen LogP contribution is -2.40. The highest BCUT2D eigenvalue weighted by atomic mass is 16.5. The molecule has 0 rings (SSSR count). The maximum Gasteiger partial charge on any atom is 0.407 e. The first-order chi connectivity index (χ1) is 8.99. The molecule has 112 valence electrons. The first kappa shape index (κ1) is 17.5. The highest BCUT2D eigenvalue weighted by Crippen LogP contribution is 2.05. The van der Waals surface area contributed by atoms with Gasteiger partial charge in [-0.05, 0) is 25.7 Å². The minimum absolute atomic E-state index is 0.0546. The van der Waals surface area contributed by atoms with Crippen LogP contribution in [0.15, 0.2) is 4.99 Å². The molecule has 0 aliphatic heterocycles. The fourth-order valence-electron chi connectivity index (χ4n) is 1.61. The van der Waals surface area contributed by atoms with E-state index in [1.807, 2.05) is 0 Å². The standard InChI is InChI=1S/C13H28N4O2/c1-5-7-15-12(14)16-9-11(8-10(3)4)17-13(18)19-6-2/h10-11H,5-9H2,1-4H3,(H,17,18)(H3,14,15,16). The summed E-state index contributed by atoms with van der Waals surface area (Å²) in [5.74, 6) is 0.883. The lowest BCUT2D eigenvalue weighted by molar-refractivity contribution is 0.147. The van der Waals surface area contributed by atoms with E-state index in [2.05, 4.69) is 36.4 Å². The lowest BCUT2D eigenvalue weighted by atomic mass is 10.0. The number of aliphatic imine (C=N–C) groups is 1. The van der Waals surface area contributed by atoms with E-state index in [1.54, 1.807) is 6.92 Å². The zero-order valence-corrected chi connectivity index (χ0v) is 12.5. The largest absolute Gasteiger partial charge is 0.450 e. The van der Waals surface area contributed by atoms with Gasteiger partial charge in [-0.25, -0.2) is 4.79 Å². The monoisotopic (exact) mass is 272 g/mol. The first-order valence-electron chi connectivity index (χ1n) is 6.96. The zero-order valence-electron chi connectivity index (χ0n) is 12.5. The van der Waals surface area contributed by atoms with Crippen molar-refractivity contribution in [1.29, 1.82) is 0 Å². The smallest absolute Gasteiger partial charge is 0.407 e. The van der Waals surface area contributed by atoms with Crippen molar-refractivity contribution in [3.05, 3.63) is 0 Å². The third-order valence-corrected chi connectivity index (χ3v) is 2.39. The maximum atomic E-state index is 11.4. The topological polar surface area (TPSA) is 88.7 Å². The molecular formula is C13H28N4O2. The van der Waals surface area contributed by atoms with Crippen molar-refractivity contribution in [3.63, 3.8) is 0 Å². The van der Waals surface area contributed by atoms with Crippen molar-refractivity contribution >= 4 is 12.1 Å². The molecule has 19 heavy (non-hydrogen) atoms. The molecule has 1 unspecified atom stereocenters. The van der Waals surface area contributed by atoms with Crippen molar-refractivity contribution in [3.8, 4) is 0 Å². The van der Waals surface area contributed by atoms with Gasteiger partial charge in [0.25, 0.3) is 0 Å². The second-order valence-corrected chi connectivity index (χ2v) is 4.84. The summed E-state index contributed by atoms with van der Waals surface area (Å²) in [6, 6.07) is -0.0546. The molecule has 0 saturated carbocycles. The fourth-order valence-corrected chi connectivity index (χ4v) is 1.61. The van der Waals surface area contributed by atoms with Gasteiger partial charge >= 0.3 is 6.09 Å². The lowest BCUT2D eigenvalue weighted by Gasteiger charge is -2.18. The number of hydrogen-bond acceptors (Lipinski definition) is 3. The van der Waals surface area contributed by atoms with Crippen LogP contribution in [0.5, 0.6) is 0 Å². The highest BCUT2D eigenvalue weighted by molar-refractivity contribution is 5.77. The molecule has 1 amide bonds. The first-order valence-corrected chi connectivity index (χ1v) is 6.96. The quantitative estimate of drug-likeness (QED) is 0.461. The Labute approximate surface area is 116 Å². The minimum Gasteiger partial charge on any atom is -0.450 e. The molecule has 0 aromatic heterocycles. The van der Waals surface area contributed by atoms with Crippen LogP contribution >= 0.6 is 0 Å². The van der Waals surface area contributed by atoms with Crippen LogP contribution in [-0.2, 0) is 4.74 Å². The number of carbonyl (C=O) groups excluding carboxylic acids is 1. The van der Waals surface area contributed by atoms with Crippen LogP contribution < -0.4 is 16.4 Å². The molecule has 6 nitrogen and oxygen atoms in total. The Kier molecular flexibility index (Phi) is 9.66. The van der Waals surface area contributed by atoms with Gasteiger partial charge in [0.05, 0.1) is 19.2 Å². The third kappa shape index (κ3) is 10.2. The van der Waals surface area contributed by atoms with E-state index in [4.69, 9.17) is 10.5 Å². The molecule has 0 bridgehead atoms. The molecule has 0 aromatic carbocycles. The van der Waals surface area contributed by atoms with Crippen LogP contribution in [0.3, 0.4) is 0 Å². The average molecular weight is 272 g/mol. The molecule has 0 spiro atoms. The molecule has 0 fully saturated rings. The van der Waals surface area contributed by atoms with E-state index in [-0.39, 0.29) is 6.04 Å². The van der Waals surface area contributed by atoms with Crippen molar-refractivity contribution in [2.45, 2.75) is 46.6 Å². The molecule has 0 saturated heterocycles. The van der Waals surface area contributed by atoms with Gasteiger partial charge in [-0.15, -0.1) is 0 Å². The molecule has 1 atom stereocenters. The second kappa shape index (κ2) is 10.5. The Balaban J connectivity index is 4.29. The summed E-state index contributed by atoms with van der Waals surface area (Å²) in [7, 11) is 0. The van der Waals surface area contributed by atoms with Crippen LogP contribution in [0.4, 0.5) is 4.79 Å². The van der Waals surface area contributed by atoms with E-state index < -0.39 is 6.09 Å². The van der Waals surface area contributed by atoms with Crippen LogP contribution in [0.2, 0.25) is 0 Å². The Hall–Kier alpha value is -1.46. The fraction of sp³-hybridized carbons (Fsp3) is 0.846. The van der Waals surface area contributed by atoms with Crippen LogP contribution in [0.25, 0.3) is 0 Å². The summed E-state index contributed by atoms with van der Waals surface area (Å²) in [5.41, 5.74) is 5.72. The number of nitrogens with two attached hydrogens (primary N) is 1. The molecule has 0 radical (unpaired) electrons. The summed E-state index contributed by atoms with van der Waals surface area (Å²) in [4.78, 5) is 15.7. The Morgan fingerprint density at radius 1 is 1.37 bits per heavy atom. The van der Waals surface area contributed by atoms with Crippen molar-refractivity contribution in [2.75, 3.05) is 19.7 Å². The number of ether oxygens (including phenoxy) is 1. The molecule has 4 N–H and O–H groups in total. The van der Waals surface area contributed by atoms with Gasteiger partial charge < -0.3 is 21.1 Å². The SMILES string of the molecule is CCCNC(N)=NCC(CC(C)C)NC(=O)OCC. The van der Waals surface area contributed by atoms with E-state index in [1.165, 1.54) is 0 Å². The zero-order chi connectivity index (χ0) is 14.7. The van der Waals surface area contributed by atoms with Crippen molar-refractivity contribution < 1.29 is 9.53 Å². The van der Waals surface area contributed by atoms with Crippen LogP contribution in [0, 0.1) is 5.92 Å². The van der Waals surface area contributed by atoms with Crippen molar-refractivity contribution in [1.82, 2.24) is 10.6 Å². The number of rotatable bonds is 8. The van der Waals surface area contributed by atoms with Gasteiger partial charge in [0.2, 0.25) is 0 Å². The molecular weight excluding hydrogens is 244 g/mol. The molecule has 6 heteroatoms. The average Bonchev–Trinajstić information content (AvgIpc) is 2.33. The molecule has 0 heterocycles. The Morgan fingerprint density at radius 2 is 2.05 bits per heavy atom. The minimum atomic E-state index is -0.400. The predicted molar refractivity (Wildman–Crippen MR) is 78.2 cm³/mol. The summed E-state index contributed by atoms with van der Waals surface area (Å²) in [6.45, 7) is 9.66. The summed E-state index contributed by atoms with van der Waals surface area (Å²) in [6.07, 6.45) is 1.43. The van der Waals surface area contributed by atoms with E-state index >= 15 is 0 Å². The second-order valence-electron chi connectivity index (χ2n) is 4.84. The predicted octanol–water partition coefficient (Wildman–Crippen LogP) is 1.46. The number of amides is 1.